The first-order chi connectivity index (χ1) is 19.2. The van der Waals surface area contributed by atoms with E-state index >= 15 is 0 Å². The van der Waals surface area contributed by atoms with Gasteiger partial charge in [0.15, 0.2) is 0 Å². The van der Waals surface area contributed by atoms with Crippen molar-refractivity contribution in [1.29, 1.82) is 0 Å². The largest absolute Gasteiger partial charge is 0.328 e. The Bertz CT molecular complexity index is 1130. The smallest absolute Gasteiger partial charge is 0.227 e. The summed E-state index contributed by atoms with van der Waals surface area (Å²) in [4.78, 5) is 20.0. The lowest BCUT2D eigenvalue weighted by atomic mass is 10.0. The molecule has 0 N–H and O–H groups in total. The summed E-state index contributed by atoms with van der Waals surface area (Å²) in [7, 11) is 0. The number of para-hydroxylation sites is 2. The third-order valence-electron chi connectivity index (χ3n) is 8.57. The van der Waals surface area contributed by atoms with Crippen molar-refractivity contribution in [1.82, 2.24) is 9.55 Å². The molecule has 4 nitrogen and oxygen atoms in total. The number of fused-ring (bicyclic) bond motifs is 1. The van der Waals surface area contributed by atoms with E-state index in [1.807, 2.05) is 4.90 Å². The molecule has 2 heterocycles. The SMILES string of the molecule is CCCCCCCCCCCCCCCCn1c(C2CC(=O)N(c3ccc(CC)cc3)C2)nc2ccccc21. The van der Waals surface area contributed by atoms with Crippen molar-refractivity contribution in [3.05, 3.63) is 59.9 Å². The van der Waals surface area contributed by atoms with E-state index < -0.39 is 0 Å². The molecule has 212 valence electrons. The van der Waals surface area contributed by atoms with Gasteiger partial charge in [-0.1, -0.05) is 122 Å². The van der Waals surface area contributed by atoms with E-state index in [-0.39, 0.29) is 11.8 Å². The maximum Gasteiger partial charge on any atom is 0.227 e. The predicted molar refractivity (Wildman–Crippen MR) is 166 cm³/mol. The highest BCUT2D eigenvalue weighted by atomic mass is 16.2. The summed E-state index contributed by atoms with van der Waals surface area (Å²) in [5.41, 5.74) is 4.57. The summed E-state index contributed by atoms with van der Waals surface area (Å²) < 4.78 is 2.41. The molecular weight excluding hydrogens is 478 g/mol. The second-order valence-electron chi connectivity index (χ2n) is 11.6. The second kappa shape index (κ2) is 15.8. The molecule has 1 amide bonds. The van der Waals surface area contributed by atoms with Crippen molar-refractivity contribution in [3.63, 3.8) is 0 Å². The fraction of sp³-hybridized carbons (Fsp3) is 0.600. The van der Waals surface area contributed by atoms with Crippen molar-refractivity contribution < 1.29 is 4.79 Å². The Morgan fingerprint density at radius 2 is 1.33 bits per heavy atom. The van der Waals surface area contributed by atoms with Gasteiger partial charge in [0.05, 0.1) is 11.0 Å². The van der Waals surface area contributed by atoms with Gasteiger partial charge >= 0.3 is 0 Å². The monoisotopic (exact) mass is 529 g/mol. The van der Waals surface area contributed by atoms with Gasteiger partial charge in [-0.05, 0) is 42.7 Å². The van der Waals surface area contributed by atoms with Gasteiger partial charge < -0.3 is 9.47 Å². The molecule has 39 heavy (non-hydrogen) atoms. The van der Waals surface area contributed by atoms with Crippen LogP contribution in [0.25, 0.3) is 11.0 Å². The van der Waals surface area contributed by atoms with E-state index in [4.69, 9.17) is 4.98 Å². The molecule has 1 aromatic heterocycles. The Balaban J connectivity index is 1.23. The molecule has 4 heteroatoms. The number of rotatable bonds is 18. The summed E-state index contributed by atoms with van der Waals surface area (Å²) in [6, 6.07) is 16.9. The minimum atomic E-state index is 0.141. The number of nitrogens with zero attached hydrogens (tertiary/aromatic N) is 3. The molecule has 0 saturated carbocycles. The van der Waals surface area contributed by atoms with E-state index in [0.717, 1.165) is 30.0 Å². The maximum absolute atomic E-state index is 13.0. The number of carbonyl (C=O) groups is 1. The van der Waals surface area contributed by atoms with Crippen LogP contribution in [0.5, 0.6) is 0 Å². The van der Waals surface area contributed by atoms with E-state index in [1.54, 1.807) is 0 Å². The van der Waals surface area contributed by atoms with Crippen LogP contribution < -0.4 is 4.90 Å². The standard InChI is InChI=1S/C35H51N3O/c1-3-5-6-7-8-9-10-11-12-13-14-15-16-19-26-37-33-21-18-17-20-32(33)36-35(37)30-27-34(39)38(28-30)31-24-22-29(4-2)23-25-31/h17-18,20-25,30H,3-16,19,26-28H2,1-2H3. The molecule has 2 aromatic carbocycles. The van der Waals surface area contributed by atoms with Crippen molar-refractivity contribution in [2.24, 2.45) is 0 Å². The van der Waals surface area contributed by atoms with Crippen LogP contribution in [-0.4, -0.2) is 22.0 Å². The van der Waals surface area contributed by atoms with Gasteiger partial charge in [-0.25, -0.2) is 4.98 Å². The normalized spacial score (nSPS) is 15.6. The van der Waals surface area contributed by atoms with Gasteiger partial charge in [0.2, 0.25) is 5.91 Å². The van der Waals surface area contributed by atoms with E-state index in [2.05, 4.69) is 66.9 Å². The fourth-order valence-electron chi connectivity index (χ4n) is 6.15. The van der Waals surface area contributed by atoms with Crippen LogP contribution in [0, 0.1) is 0 Å². The second-order valence-corrected chi connectivity index (χ2v) is 11.6. The lowest BCUT2D eigenvalue weighted by Crippen LogP contribution is -2.24. The quantitative estimate of drug-likeness (QED) is 0.154. The first-order valence-electron chi connectivity index (χ1n) is 16.1. The zero-order valence-corrected chi connectivity index (χ0v) is 24.7. The van der Waals surface area contributed by atoms with E-state index in [0.29, 0.717) is 13.0 Å². The Kier molecular flexibility index (Phi) is 11.9. The summed E-state index contributed by atoms with van der Waals surface area (Å²) in [5.74, 6) is 1.44. The number of aryl methyl sites for hydroxylation is 2. The lowest BCUT2D eigenvalue weighted by Gasteiger charge is -2.18. The van der Waals surface area contributed by atoms with Crippen molar-refractivity contribution in [2.45, 2.75) is 129 Å². The molecule has 0 bridgehead atoms. The molecule has 1 aliphatic rings. The third kappa shape index (κ3) is 8.43. The minimum Gasteiger partial charge on any atom is -0.328 e. The molecule has 3 aromatic rings. The van der Waals surface area contributed by atoms with Crippen molar-refractivity contribution in [2.75, 3.05) is 11.4 Å². The first-order valence-corrected chi connectivity index (χ1v) is 16.1. The van der Waals surface area contributed by atoms with Gasteiger partial charge in [0.1, 0.15) is 5.82 Å². The summed E-state index contributed by atoms with van der Waals surface area (Å²) in [6.07, 6.45) is 20.8. The lowest BCUT2D eigenvalue weighted by molar-refractivity contribution is -0.117. The van der Waals surface area contributed by atoms with Crippen LogP contribution in [0.2, 0.25) is 0 Å². The number of benzene rings is 2. The number of carbonyl (C=O) groups excluding carboxylic acids is 1. The Labute approximate surface area is 237 Å². The molecular formula is C35H51N3O. The van der Waals surface area contributed by atoms with Gasteiger partial charge in [0.25, 0.3) is 0 Å². The third-order valence-corrected chi connectivity index (χ3v) is 8.57. The van der Waals surface area contributed by atoms with E-state index in [1.165, 1.54) is 101 Å². The van der Waals surface area contributed by atoms with Gasteiger partial charge in [-0.3, -0.25) is 4.79 Å². The van der Waals surface area contributed by atoms with Crippen LogP contribution in [0.4, 0.5) is 5.69 Å². The molecule has 1 saturated heterocycles. The zero-order valence-electron chi connectivity index (χ0n) is 24.7. The molecule has 1 atom stereocenters. The van der Waals surface area contributed by atoms with Gasteiger partial charge in [0, 0.05) is 31.1 Å². The van der Waals surface area contributed by atoms with Crippen LogP contribution in [0.15, 0.2) is 48.5 Å². The minimum absolute atomic E-state index is 0.141. The molecule has 1 unspecified atom stereocenters. The van der Waals surface area contributed by atoms with Crippen molar-refractivity contribution in [3.8, 4) is 0 Å². The summed E-state index contributed by atoms with van der Waals surface area (Å²) >= 11 is 0. The number of amides is 1. The zero-order chi connectivity index (χ0) is 27.3. The Morgan fingerprint density at radius 3 is 1.95 bits per heavy atom. The highest BCUT2D eigenvalue weighted by molar-refractivity contribution is 5.96. The van der Waals surface area contributed by atoms with Crippen molar-refractivity contribution >= 4 is 22.6 Å². The highest BCUT2D eigenvalue weighted by Crippen LogP contribution is 2.33. The average Bonchev–Trinajstić information content (AvgIpc) is 3.53. The van der Waals surface area contributed by atoms with Crippen LogP contribution in [0.3, 0.4) is 0 Å². The van der Waals surface area contributed by atoms with Gasteiger partial charge in [-0.2, -0.15) is 0 Å². The number of hydrogen-bond acceptors (Lipinski definition) is 2. The number of anilines is 1. The maximum atomic E-state index is 13.0. The number of unbranched alkanes of at least 4 members (excludes halogenated alkanes) is 13. The van der Waals surface area contributed by atoms with E-state index in [9.17, 15) is 4.79 Å². The molecule has 0 spiro atoms. The fourth-order valence-corrected chi connectivity index (χ4v) is 6.15. The van der Waals surface area contributed by atoms with Gasteiger partial charge in [-0.15, -0.1) is 0 Å². The molecule has 0 radical (unpaired) electrons. The molecule has 4 rings (SSSR count). The number of aromatic nitrogens is 2. The number of hydrogen-bond donors (Lipinski definition) is 0. The Hall–Kier alpha value is -2.62. The van der Waals surface area contributed by atoms with Crippen LogP contribution in [-0.2, 0) is 17.8 Å². The number of imidazole rings is 1. The summed E-state index contributed by atoms with van der Waals surface area (Å²) in [5, 5.41) is 0. The predicted octanol–water partition coefficient (Wildman–Crippen LogP) is 9.60. The molecule has 0 aliphatic carbocycles. The first kappa shape index (κ1) is 29.4. The summed E-state index contributed by atoms with van der Waals surface area (Å²) in [6.45, 7) is 6.15. The highest BCUT2D eigenvalue weighted by Gasteiger charge is 2.34. The van der Waals surface area contributed by atoms with Crippen LogP contribution in [0.1, 0.15) is 127 Å². The average molecular weight is 530 g/mol. The Morgan fingerprint density at radius 1 is 0.744 bits per heavy atom. The van der Waals surface area contributed by atoms with Crippen LogP contribution >= 0.6 is 0 Å². The topological polar surface area (TPSA) is 38.1 Å². The molecule has 1 fully saturated rings. The molecule has 1 aliphatic heterocycles.